The molecule has 2 aromatic carbocycles. The van der Waals surface area contributed by atoms with Gasteiger partial charge < -0.3 is 24.3 Å². The minimum Gasteiger partial charge on any atom is -0.496 e. The molecule has 1 atom stereocenters. The highest BCUT2D eigenvalue weighted by Gasteiger charge is 2.18. The van der Waals surface area contributed by atoms with Crippen LogP contribution < -0.4 is 19.5 Å². The molecule has 0 saturated heterocycles. The van der Waals surface area contributed by atoms with Gasteiger partial charge >= 0.3 is 5.97 Å². The molecule has 0 heterocycles. The Labute approximate surface area is 176 Å². The third-order valence-corrected chi connectivity index (χ3v) is 4.45. The first-order valence-corrected chi connectivity index (χ1v) is 9.35. The van der Waals surface area contributed by atoms with Crippen LogP contribution in [0.4, 0.5) is 5.69 Å². The molecule has 7 nitrogen and oxygen atoms in total. The maximum Gasteiger partial charge on any atom is 0.331 e. The van der Waals surface area contributed by atoms with E-state index < -0.39 is 18.0 Å². The molecule has 0 radical (unpaired) electrons. The number of methoxy groups -OCH3 is 3. The maximum atomic E-state index is 12.4. The predicted molar refractivity (Wildman–Crippen MR) is 115 cm³/mol. The smallest absolute Gasteiger partial charge is 0.331 e. The van der Waals surface area contributed by atoms with Crippen LogP contribution in [0.1, 0.15) is 23.6 Å². The first-order chi connectivity index (χ1) is 14.3. The van der Waals surface area contributed by atoms with Crippen molar-refractivity contribution >= 4 is 23.6 Å². The van der Waals surface area contributed by atoms with E-state index >= 15 is 0 Å². The molecular formula is C23H27NO6. The lowest BCUT2D eigenvalue weighted by Crippen LogP contribution is -2.29. The van der Waals surface area contributed by atoms with E-state index in [1.807, 2.05) is 32.0 Å². The van der Waals surface area contributed by atoms with Crippen LogP contribution in [0.2, 0.25) is 0 Å². The molecule has 0 spiro atoms. The fourth-order valence-corrected chi connectivity index (χ4v) is 2.71. The number of aryl methyl sites for hydroxylation is 2. The molecule has 2 rings (SSSR count). The van der Waals surface area contributed by atoms with E-state index in [9.17, 15) is 9.59 Å². The summed E-state index contributed by atoms with van der Waals surface area (Å²) in [5.74, 6) is 0.431. The van der Waals surface area contributed by atoms with Gasteiger partial charge in [0.1, 0.15) is 5.75 Å². The Kier molecular flexibility index (Phi) is 7.86. The van der Waals surface area contributed by atoms with Gasteiger partial charge in [-0.25, -0.2) is 4.79 Å². The molecule has 0 aromatic heterocycles. The van der Waals surface area contributed by atoms with E-state index in [4.69, 9.17) is 18.9 Å². The van der Waals surface area contributed by atoms with E-state index in [2.05, 4.69) is 5.32 Å². The molecule has 0 bridgehead atoms. The van der Waals surface area contributed by atoms with Gasteiger partial charge in [0, 0.05) is 23.4 Å². The lowest BCUT2D eigenvalue weighted by molar-refractivity contribution is -0.148. The van der Waals surface area contributed by atoms with Crippen LogP contribution in [0, 0.1) is 13.8 Å². The number of amides is 1. The fourth-order valence-electron chi connectivity index (χ4n) is 2.71. The van der Waals surface area contributed by atoms with Crippen LogP contribution in [-0.2, 0) is 14.3 Å². The number of hydrogen-bond donors (Lipinski definition) is 1. The van der Waals surface area contributed by atoms with Gasteiger partial charge in [-0.05, 0) is 50.1 Å². The number of carbonyl (C=O) groups excluding carboxylic acids is 2. The van der Waals surface area contributed by atoms with Crippen molar-refractivity contribution < 1.29 is 28.5 Å². The zero-order valence-corrected chi connectivity index (χ0v) is 18.1. The first kappa shape index (κ1) is 22.8. The molecule has 2 aromatic rings. The molecule has 0 fully saturated rings. The minimum atomic E-state index is -0.964. The summed E-state index contributed by atoms with van der Waals surface area (Å²) in [7, 11) is 4.55. The summed E-state index contributed by atoms with van der Waals surface area (Å²) >= 11 is 0. The molecule has 160 valence electrons. The molecule has 0 aliphatic carbocycles. The van der Waals surface area contributed by atoms with Crippen LogP contribution in [0.15, 0.2) is 36.4 Å². The van der Waals surface area contributed by atoms with Crippen molar-refractivity contribution in [2.45, 2.75) is 26.9 Å². The van der Waals surface area contributed by atoms with Gasteiger partial charge in [-0.2, -0.15) is 0 Å². The average Bonchev–Trinajstić information content (AvgIpc) is 2.73. The second-order valence-corrected chi connectivity index (χ2v) is 6.67. The number of carbonyl (C=O) groups is 2. The van der Waals surface area contributed by atoms with Crippen LogP contribution in [-0.4, -0.2) is 39.3 Å². The van der Waals surface area contributed by atoms with Crippen molar-refractivity contribution in [3.05, 3.63) is 53.1 Å². The van der Waals surface area contributed by atoms with Crippen molar-refractivity contribution in [1.29, 1.82) is 0 Å². The summed E-state index contributed by atoms with van der Waals surface area (Å²) in [6, 6.07) is 9.08. The second-order valence-electron chi connectivity index (χ2n) is 6.67. The molecule has 7 heteroatoms. The van der Waals surface area contributed by atoms with Crippen molar-refractivity contribution in [1.82, 2.24) is 0 Å². The quantitative estimate of drug-likeness (QED) is 0.522. The molecule has 1 N–H and O–H groups in total. The van der Waals surface area contributed by atoms with Crippen molar-refractivity contribution in [3.63, 3.8) is 0 Å². The van der Waals surface area contributed by atoms with E-state index in [1.54, 1.807) is 12.1 Å². The van der Waals surface area contributed by atoms with E-state index in [1.165, 1.54) is 40.4 Å². The molecule has 0 aliphatic heterocycles. The van der Waals surface area contributed by atoms with Gasteiger partial charge in [0.05, 0.1) is 21.3 Å². The first-order valence-electron chi connectivity index (χ1n) is 9.35. The summed E-state index contributed by atoms with van der Waals surface area (Å²) in [6.45, 7) is 5.35. The van der Waals surface area contributed by atoms with Crippen molar-refractivity contribution in [3.8, 4) is 17.2 Å². The van der Waals surface area contributed by atoms with Crippen LogP contribution >= 0.6 is 0 Å². The number of hydrogen-bond acceptors (Lipinski definition) is 6. The summed E-state index contributed by atoms with van der Waals surface area (Å²) in [5, 5.41) is 2.79. The largest absolute Gasteiger partial charge is 0.496 e. The standard InChI is InChI=1S/C23H27NO6/c1-14-7-8-15(2)18(11-14)24-23(26)16(3)30-22(25)10-9-17-12-20(28-5)21(29-6)13-19(17)27-4/h7-13,16H,1-6H3,(H,24,26)/b10-9+/t16-/m1/s1. The van der Waals surface area contributed by atoms with Gasteiger partial charge in [0.2, 0.25) is 0 Å². The number of esters is 1. The van der Waals surface area contributed by atoms with Crippen LogP contribution in [0.25, 0.3) is 6.08 Å². The Morgan fingerprint density at radius 2 is 1.57 bits per heavy atom. The predicted octanol–water partition coefficient (Wildman–Crippen LogP) is 3.91. The van der Waals surface area contributed by atoms with E-state index in [0.717, 1.165) is 11.1 Å². The van der Waals surface area contributed by atoms with Gasteiger partial charge in [0.15, 0.2) is 17.6 Å². The average molecular weight is 413 g/mol. The SMILES string of the molecule is COc1cc(OC)c(OC)cc1/C=C/C(=O)O[C@H](C)C(=O)Nc1cc(C)ccc1C. The lowest BCUT2D eigenvalue weighted by Gasteiger charge is -2.14. The highest BCUT2D eigenvalue weighted by atomic mass is 16.5. The normalized spacial score (nSPS) is 11.7. The molecule has 0 aliphatic rings. The van der Waals surface area contributed by atoms with E-state index in [0.29, 0.717) is 28.5 Å². The third kappa shape index (κ3) is 5.76. The topological polar surface area (TPSA) is 83.1 Å². The van der Waals surface area contributed by atoms with Crippen molar-refractivity contribution in [2.75, 3.05) is 26.6 Å². The number of anilines is 1. The minimum absolute atomic E-state index is 0.408. The zero-order valence-electron chi connectivity index (χ0n) is 18.1. The zero-order chi connectivity index (χ0) is 22.3. The number of rotatable bonds is 8. The number of nitrogens with one attached hydrogen (secondary N) is 1. The van der Waals surface area contributed by atoms with Gasteiger partial charge in [-0.15, -0.1) is 0 Å². The molecular weight excluding hydrogens is 386 g/mol. The number of benzene rings is 2. The third-order valence-electron chi connectivity index (χ3n) is 4.45. The Hall–Kier alpha value is -3.48. The lowest BCUT2D eigenvalue weighted by atomic mass is 10.1. The highest BCUT2D eigenvalue weighted by molar-refractivity contribution is 5.97. The summed E-state index contributed by atoms with van der Waals surface area (Å²) in [6.07, 6.45) is 1.79. The Bertz CT molecular complexity index is 951. The number of ether oxygens (including phenoxy) is 4. The summed E-state index contributed by atoms with van der Waals surface area (Å²) in [5.41, 5.74) is 3.23. The molecule has 1 amide bonds. The van der Waals surface area contributed by atoms with Gasteiger partial charge in [-0.3, -0.25) is 4.79 Å². The monoisotopic (exact) mass is 413 g/mol. The van der Waals surface area contributed by atoms with Gasteiger partial charge in [-0.1, -0.05) is 12.1 Å². The van der Waals surface area contributed by atoms with Gasteiger partial charge in [0.25, 0.3) is 5.91 Å². The summed E-state index contributed by atoms with van der Waals surface area (Å²) in [4.78, 5) is 24.6. The second kappa shape index (κ2) is 10.3. The highest BCUT2D eigenvalue weighted by Crippen LogP contribution is 2.35. The van der Waals surface area contributed by atoms with E-state index in [-0.39, 0.29) is 0 Å². The Morgan fingerprint density at radius 3 is 2.20 bits per heavy atom. The summed E-state index contributed by atoms with van der Waals surface area (Å²) < 4.78 is 21.0. The van der Waals surface area contributed by atoms with Crippen LogP contribution in [0.5, 0.6) is 17.2 Å². The fraction of sp³-hybridized carbons (Fsp3) is 0.304. The Morgan fingerprint density at radius 1 is 0.933 bits per heavy atom. The van der Waals surface area contributed by atoms with Crippen molar-refractivity contribution in [2.24, 2.45) is 0 Å². The molecule has 0 unspecified atom stereocenters. The maximum absolute atomic E-state index is 12.4. The Balaban J connectivity index is 2.06. The van der Waals surface area contributed by atoms with Crippen LogP contribution in [0.3, 0.4) is 0 Å². The molecule has 0 saturated carbocycles. The molecule has 30 heavy (non-hydrogen) atoms.